The van der Waals surface area contributed by atoms with Crippen LogP contribution in [-0.2, 0) is 0 Å². The van der Waals surface area contributed by atoms with E-state index in [-0.39, 0.29) is 0 Å². The molecular weight excluding hydrogens is 146 g/mol. The Morgan fingerprint density at radius 1 is 1.42 bits per heavy atom. The molecule has 1 heteroatoms. The van der Waals surface area contributed by atoms with Crippen LogP contribution >= 0.6 is 0 Å². The van der Waals surface area contributed by atoms with Crippen LogP contribution in [-0.4, -0.2) is 12.8 Å². The van der Waals surface area contributed by atoms with Gasteiger partial charge in [-0.3, -0.25) is 4.99 Å². The number of unbranched alkanes of at least 4 members (excludes halogenated alkanes) is 1. The molecule has 0 heterocycles. The van der Waals surface area contributed by atoms with Gasteiger partial charge in [-0.05, 0) is 18.8 Å². The molecule has 0 aliphatic rings. The predicted octanol–water partition coefficient (Wildman–Crippen LogP) is 3.46. The SMILES string of the molecule is C=CCN=CC(CC)CCCC. The molecule has 0 aromatic heterocycles. The minimum absolute atomic E-state index is 0.685. The lowest BCUT2D eigenvalue weighted by Gasteiger charge is -2.06. The largest absolute Gasteiger partial charge is 0.293 e. The Balaban J connectivity index is 3.57. The second-order valence-corrected chi connectivity index (χ2v) is 3.11. The van der Waals surface area contributed by atoms with Crippen molar-refractivity contribution in [2.75, 3.05) is 6.54 Å². The van der Waals surface area contributed by atoms with Gasteiger partial charge in [0.15, 0.2) is 0 Å². The molecule has 0 N–H and O–H groups in total. The maximum absolute atomic E-state index is 4.27. The van der Waals surface area contributed by atoms with Gasteiger partial charge in [-0.2, -0.15) is 0 Å². The lowest BCUT2D eigenvalue weighted by atomic mass is 10.0. The number of hydrogen-bond donors (Lipinski definition) is 0. The molecule has 1 nitrogen and oxygen atoms in total. The van der Waals surface area contributed by atoms with Crippen LogP contribution < -0.4 is 0 Å². The molecule has 1 unspecified atom stereocenters. The van der Waals surface area contributed by atoms with Gasteiger partial charge in [-0.15, -0.1) is 6.58 Å². The summed E-state index contributed by atoms with van der Waals surface area (Å²) in [4.78, 5) is 4.27. The van der Waals surface area contributed by atoms with Gasteiger partial charge in [-0.1, -0.05) is 32.8 Å². The van der Waals surface area contributed by atoms with Crippen LogP contribution in [0.4, 0.5) is 0 Å². The van der Waals surface area contributed by atoms with Crippen LogP contribution in [0, 0.1) is 5.92 Å². The van der Waals surface area contributed by atoms with E-state index in [1.54, 1.807) is 0 Å². The Hall–Kier alpha value is -0.590. The van der Waals surface area contributed by atoms with E-state index in [1.165, 1.54) is 25.7 Å². The monoisotopic (exact) mass is 167 g/mol. The smallest absolute Gasteiger partial charge is 0.0563 e. The molecule has 0 aliphatic carbocycles. The molecule has 70 valence electrons. The van der Waals surface area contributed by atoms with E-state index in [1.807, 2.05) is 6.08 Å². The van der Waals surface area contributed by atoms with Crippen molar-refractivity contribution in [3.05, 3.63) is 12.7 Å². The van der Waals surface area contributed by atoms with Crippen LogP contribution in [0.2, 0.25) is 0 Å². The second kappa shape index (κ2) is 8.51. The predicted molar refractivity (Wildman–Crippen MR) is 56.9 cm³/mol. The number of rotatable bonds is 7. The van der Waals surface area contributed by atoms with Gasteiger partial charge in [-0.25, -0.2) is 0 Å². The third-order valence-corrected chi connectivity index (χ3v) is 2.00. The topological polar surface area (TPSA) is 12.4 Å². The van der Waals surface area contributed by atoms with Crippen LogP contribution in [0.3, 0.4) is 0 Å². The molecule has 0 aromatic rings. The van der Waals surface area contributed by atoms with Crippen molar-refractivity contribution in [3.8, 4) is 0 Å². The fourth-order valence-corrected chi connectivity index (χ4v) is 1.13. The van der Waals surface area contributed by atoms with E-state index in [4.69, 9.17) is 0 Å². The van der Waals surface area contributed by atoms with Crippen LogP contribution in [0.25, 0.3) is 0 Å². The van der Waals surface area contributed by atoms with Gasteiger partial charge in [0.05, 0.1) is 6.54 Å². The van der Waals surface area contributed by atoms with Crippen molar-refractivity contribution in [3.63, 3.8) is 0 Å². The number of hydrogen-bond acceptors (Lipinski definition) is 1. The summed E-state index contributed by atoms with van der Waals surface area (Å²) in [6.07, 6.45) is 9.03. The zero-order chi connectivity index (χ0) is 9.23. The van der Waals surface area contributed by atoms with Crippen molar-refractivity contribution in [1.29, 1.82) is 0 Å². The molecular formula is C11H21N. The molecule has 0 bridgehead atoms. The molecule has 0 aromatic carbocycles. The first-order valence-corrected chi connectivity index (χ1v) is 4.95. The molecule has 0 rings (SSSR count). The van der Waals surface area contributed by atoms with E-state index in [2.05, 4.69) is 31.6 Å². The summed E-state index contributed by atoms with van der Waals surface area (Å²) in [6, 6.07) is 0. The first kappa shape index (κ1) is 11.4. The van der Waals surface area contributed by atoms with Crippen molar-refractivity contribution in [2.24, 2.45) is 10.9 Å². The van der Waals surface area contributed by atoms with E-state index in [0.717, 1.165) is 6.54 Å². The van der Waals surface area contributed by atoms with Gasteiger partial charge in [0.1, 0.15) is 0 Å². The number of aliphatic imine (C=N–C) groups is 1. The Morgan fingerprint density at radius 2 is 2.17 bits per heavy atom. The average Bonchev–Trinajstić information content (AvgIpc) is 2.11. The highest BCUT2D eigenvalue weighted by Gasteiger charge is 2.00. The Bertz CT molecular complexity index is 127. The molecule has 12 heavy (non-hydrogen) atoms. The molecule has 0 aliphatic heterocycles. The minimum Gasteiger partial charge on any atom is -0.293 e. The zero-order valence-electron chi connectivity index (χ0n) is 8.42. The Kier molecular flexibility index (Phi) is 8.09. The van der Waals surface area contributed by atoms with Crippen molar-refractivity contribution in [1.82, 2.24) is 0 Å². The molecule has 0 amide bonds. The van der Waals surface area contributed by atoms with Crippen LogP contribution in [0.5, 0.6) is 0 Å². The van der Waals surface area contributed by atoms with Crippen LogP contribution in [0.1, 0.15) is 39.5 Å². The molecule has 0 fully saturated rings. The minimum atomic E-state index is 0.685. The van der Waals surface area contributed by atoms with Crippen molar-refractivity contribution >= 4 is 6.21 Å². The highest BCUT2D eigenvalue weighted by molar-refractivity contribution is 5.60. The first-order valence-electron chi connectivity index (χ1n) is 4.95. The summed E-state index contributed by atoms with van der Waals surface area (Å²) < 4.78 is 0. The zero-order valence-corrected chi connectivity index (χ0v) is 8.42. The molecule has 0 saturated carbocycles. The number of nitrogens with zero attached hydrogens (tertiary/aromatic N) is 1. The Labute approximate surface area is 76.6 Å². The maximum atomic E-state index is 4.27. The highest BCUT2D eigenvalue weighted by atomic mass is 14.7. The summed E-state index contributed by atoms with van der Waals surface area (Å²) in [7, 11) is 0. The van der Waals surface area contributed by atoms with Gasteiger partial charge in [0, 0.05) is 6.21 Å². The fourth-order valence-electron chi connectivity index (χ4n) is 1.13. The summed E-state index contributed by atoms with van der Waals surface area (Å²) >= 11 is 0. The summed E-state index contributed by atoms with van der Waals surface area (Å²) in [5, 5.41) is 0. The normalized spacial score (nSPS) is 13.5. The second-order valence-electron chi connectivity index (χ2n) is 3.11. The summed E-state index contributed by atoms with van der Waals surface area (Å²) in [6.45, 7) is 8.85. The van der Waals surface area contributed by atoms with E-state index < -0.39 is 0 Å². The quantitative estimate of drug-likeness (QED) is 0.407. The van der Waals surface area contributed by atoms with Gasteiger partial charge in [0.2, 0.25) is 0 Å². The summed E-state index contributed by atoms with van der Waals surface area (Å²) in [5.41, 5.74) is 0. The first-order chi connectivity index (χ1) is 5.85. The van der Waals surface area contributed by atoms with E-state index in [9.17, 15) is 0 Å². The van der Waals surface area contributed by atoms with Crippen molar-refractivity contribution in [2.45, 2.75) is 39.5 Å². The van der Waals surface area contributed by atoms with Crippen molar-refractivity contribution < 1.29 is 0 Å². The standard InChI is InChI=1S/C11H21N/c1-4-7-8-11(6-3)10-12-9-5-2/h5,10-11H,2,4,6-9H2,1,3H3. The summed E-state index contributed by atoms with van der Waals surface area (Å²) in [5.74, 6) is 0.685. The van der Waals surface area contributed by atoms with Gasteiger partial charge >= 0.3 is 0 Å². The maximum Gasteiger partial charge on any atom is 0.0563 e. The van der Waals surface area contributed by atoms with Crippen LogP contribution in [0.15, 0.2) is 17.6 Å². The fraction of sp³-hybridized carbons (Fsp3) is 0.727. The third-order valence-electron chi connectivity index (χ3n) is 2.00. The van der Waals surface area contributed by atoms with Gasteiger partial charge < -0.3 is 0 Å². The van der Waals surface area contributed by atoms with Gasteiger partial charge in [0.25, 0.3) is 0 Å². The molecule has 1 atom stereocenters. The molecule has 0 saturated heterocycles. The lowest BCUT2D eigenvalue weighted by Crippen LogP contribution is -2.00. The third kappa shape index (κ3) is 6.14. The van der Waals surface area contributed by atoms with E-state index in [0.29, 0.717) is 5.92 Å². The average molecular weight is 167 g/mol. The lowest BCUT2D eigenvalue weighted by molar-refractivity contribution is 0.575. The van der Waals surface area contributed by atoms with E-state index >= 15 is 0 Å². The Morgan fingerprint density at radius 3 is 2.67 bits per heavy atom. The molecule has 0 radical (unpaired) electrons. The molecule has 0 spiro atoms. The highest BCUT2D eigenvalue weighted by Crippen LogP contribution is 2.09.